The molecule has 0 bridgehead atoms. The minimum absolute atomic E-state index is 0.235. The molecule has 1 aliphatic rings. The van der Waals surface area contributed by atoms with E-state index in [1.807, 2.05) is 0 Å². The van der Waals surface area contributed by atoms with Gasteiger partial charge in [0.25, 0.3) is 5.56 Å². The summed E-state index contributed by atoms with van der Waals surface area (Å²) < 4.78 is 6.66. The van der Waals surface area contributed by atoms with Crippen LogP contribution in [0.1, 0.15) is 103 Å². The van der Waals surface area contributed by atoms with Gasteiger partial charge in [0.15, 0.2) is 5.72 Å². The standard InChI is InChI=1S/C24H43N3O6/c1-2-3-4-5-6-7-8-9-10-11-12-13-14-15-16-24(22(31)21(30)19(18-28)33-24)27-23(32)26-20(29)17-25-27/h17,19,21-22,28,30-31H,2-16,18H2,1H3,(H,26,29,32)/t19-,21-,22-,24-/m1/s1. The number of aromatic nitrogens is 3. The summed E-state index contributed by atoms with van der Waals surface area (Å²) in [4.78, 5) is 25.9. The van der Waals surface area contributed by atoms with Crippen LogP contribution in [0.25, 0.3) is 0 Å². The molecule has 9 heteroatoms. The second kappa shape index (κ2) is 14.7. The highest BCUT2D eigenvalue weighted by molar-refractivity contribution is 4.98. The van der Waals surface area contributed by atoms with Crippen molar-refractivity contribution in [3.05, 3.63) is 27.0 Å². The van der Waals surface area contributed by atoms with E-state index in [-0.39, 0.29) is 6.42 Å². The summed E-state index contributed by atoms with van der Waals surface area (Å²) in [7, 11) is 0. The van der Waals surface area contributed by atoms with Crippen LogP contribution < -0.4 is 11.2 Å². The SMILES string of the molecule is CCCCCCCCCCCCCCCC[C@@]1(n2ncc(=O)[nH]c2=O)O[C@H](CO)[C@@H](O)[C@H]1O. The zero-order chi connectivity index (χ0) is 24.1. The van der Waals surface area contributed by atoms with E-state index in [0.29, 0.717) is 6.42 Å². The van der Waals surface area contributed by atoms with Crippen molar-refractivity contribution >= 4 is 0 Å². The normalized spacial score (nSPS) is 25.0. The van der Waals surface area contributed by atoms with Gasteiger partial charge in [0.2, 0.25) is 0 Å². The first-order valence-electron chi connectivity index (χ1n) is 12.8. The van der Waals surface area contributed by atoms with Gasteiger partial charge in [-0.3, -0.25) is 9.78 Å². The Bertz CT molecular complexity index is 782. The molecule has 0 unspecified atom stereocenters. The number of aromatic amines is 1. The van der Waals surface area contributed by atoms with Crippen molar-refractivity contribution in [3.8, 4) is 0 Å². The van der Waals surface area contributed by atoms with E-state index in [1.54, 1.807) is 0 Å². The molecule has 1 fully saturated rings. The lowest BCUT2D eigenvalue weighted by atomic mass is 9.96. The van der Waals surface area contributed by atoms with Crippen LogP contribution in [0.2, 0.25) is 0 Å². The van der Waals surface area contributed by atoms with E-state index in [0.717, 1.165) is 30.1 Å². The van der Waals surface area contributed by atoms with E-state index in [9.17, 15) is 24.9 Å². The largest absolute Gasteiger partial charge is 0.394 e. The fraction of sp³-hybridized carbons (Fsp3) is 0.875. The maximum atomic E-state index is 12.3. The van der Waals surface area contributed by atoms with E-state index in [2.05, 4.69) is 17.0 Å². The first-order valence-corrected chi connectivity index (χ1v) is 12.8. The number of H-pyrrole nitrogens is 1. The monoisotopic (exact) mass is 469 g/mol. The van der Waals surface area contributed by atoms with Crippen LogP contribution in [-0.4, -0.2) is 55.0 Å². The minimum atomic E-state index is -1.62. The number of rotatable bonds is 17. The summed E-state index contributed by atoms with van der Waals surface area (Å²) >= 11 is 0. The summed E-state index contributed by atoms with van der Waals surface area (Å²) in [5.41, 5.74) is -3.10. The van der Waals surface area contributed by atoms with Gasteiger partial charge in [-0.05, 0) is 6.42 Å². The van der Waals surface area contributed by atoms with Crippen molar-refractivity contribution in [1.29, 1.82) is 0 Å². The van der Waals surface area contributed by atoms with Crippen molar-refractivity contribution in [2.45, 2.75) is 127 Å². The van der Waals surface area contributed by atoms with Gasteiger partial charge < -0.3 is 20.1 Å². The molecule has 1 saturated heterocycles. The first-order chi connectivity index (χ1) is 16.0. The van der Waals surface area contributed by atoms with Crippen LogP contribution in [0, 0.1) is 0 Å². The molecule has 0 radical (unpaired) electrons. The Balaban J connectivity index is 1.73. The number of hydrogen-bond donors (Lipinski definition) is 4. The van der Waals surface area contributed by atoms with E-state index < -0.39 is 41.9 Å². The number of hydrogen-bond acceptors (Lipinski definition) is 7. The summed E-state index contributed by atoms with van der Waals surface area (Å²) in [5.74, 6) is 0. The molecular formula is C24H43N3O6. The van der Waals surface area contributed by atoms with E-state index in [4.69, 9.17) is 4.74 Å². The average Bonchev–Trinajstić information content (AvgIpc) is 3.04. The van der Waals surface area contributed by atoms with Crippen LogP contribution in [-0.2, 0) is 10.5 Å². The molecule has 0 spiro atoms. The van der Waals surface area contributed by atoms with Gasteiger partial charge in [-0.15, -0.1) is 0 Å². The molecule has 33 heavy (non-hydrogen) atoms. The molecule has 0 aliphatic carbocycles. The van der Waals surface area contributed by atoms with Crippen LogP contribution in [0.3, 0.4) is 0 Å². The van der Waals surface area contributed by atoms with E-state index >= 15 is 0 Å². The van der Waals surface area contributed by atoms with Gasteiger partial charge in [-0.2, -0.15) is 9.78 Å². The fourth-order valence-electron chi connectivity index (χ4n) is 4.70. The first kappa shape index (κ1) is 27.7. The highest BCUT2D eigenvalue weighted by atomic mass is 16.6. The van der Waals surface area contributed by atoms with Crippen molar-refractivity contribution in [3.63, 3.8) is 0 Å². The van der Waals surface area contributed by atoms with Gasteiger partial charge in [-0.25, -0.2) is 4.79 Å². The Morgan fingerprint density at radius 3 is 1.91 bits per heavy atom. The Labute approximate surface area is 196 Å². The molecule has 1 aliphatic heterocycles. The van der Waals surface area contributed by atoms with Gasteiger partial charge in [0, 0.05) is 6.42 Å². The highest BCUT2D eigenvalue weighted by Gasteiger charge is 2.56. The molecule has 2 heterocycles. The fourth-order valence-corrected chi connectivity index (χ4v) is 4.70. The topological polar surface area (TPSA) is 138 Å². The summed E-state index contributed by atoms with van der Waals surface area (Å²) in [6.07, 6.45) is 14.2. The maximum absolute atomic E-state index is 12.3. The summed E-state index contributed by atoms with van der Waals surface area (Å²) in [5, 5.41) is 34.3. The van der Waals surface area contributed by atoms with Gasteiger partial charge in [0.05, 0.1) is 6.61 Å². The van der Waals surface area contributed by atoms with Gasteiger partial charge in [-0.1, -0.05) is 90.4 Å². The molecule has 0 saturated carbocycles. The average molecular weight is 470 g/mol. The smallest absolute Gasteiger partial charge is 0.347 e. The Kier molecular flexibility index (Phi) is 12.3. The lowest BCUT2D eigenvalue weighted by molar-refractivity contribution is -0.163. The molecule has 190 valence electrons. The number of unbranched alkanes of at least 4 members (excludes halogenated alkanes) is 13. The zero-order valence-corrected chi connectivity index (χ0v) is 20.1. The van der Waals surface area contributed by atoms with Crippen molar-refractivity contribution < 1.29 is 20.1 Å². The minimum Gasteiger partial charge on any atom is -0.394 e. The van der Waals surface area contributed by atoms with E-state index in [1.165, 1.54) is 64.2 Å². The Hall–Kier alpha value is -1.55. The van der Waals surface area contributed by atoms with Crippen LogP contribution in [0.5, 0.6) is 0 Å². The lowest BCUT2D eigenvalue weighted by Gasteiger charge is -2.32. The van der Waals surface area contributed by atoms with Crippen molar-refractivity contribution in [1.82, 2.24) is 14.8 Å². The molecule has 0 amide bonds. The van der Waals surface area contributed by atoms with Crippen molar-refractivity contribution in [2.75, 3.05) is 6.61 Å². The molecule has 4 atom stereocenters. The van der Waals surface area contributed by atoms with Crippen LogP contribution >= 0.6 is 0 Å². The van der Waals surface area contributed by atoms with Gasteiger partial charge in [0.1, 0.15) is 24.5 Å². The Morgan fingerprint density at radius 1 is 0.939 bits per heavy atom. The van der Waals surface area contributed by atoms with Gasteiger partial charge >= 0.3 is 5.69 Å². The predicted octanol–water partition coefficient (Wildman–Crippen LogP) is 2.57. The molecule has 4 N–H and O–H groups in total. The number of nitrogens with zero attached hydrogens (tertiary/aromatic N) is 2. The van der Waals surface area contributed by atoms with Crippen molar-refractivity contribution in [2.24, 2.45) is 0 Å². The second-order valence-corrected chi connectivity index (χ2v) is 9.32. The number of ether oxygens (including phenoxy) is 1. The Morgan fingerprint density at radius 2 is 1.45 bits per heavy atom. The molecular weight excluding hydrogens is 426 g/mol. The third-order valence-electron chi connectivity index (χ3n) is 6.66. The summed E-state index contributed by atoms with van der Waals surface area (Å²) in [6.45, 7) is 1.74. The third kappa shape index (κ3) is 8.02. The number of nitrogens with one attached hydrogen (secondary N) is 1. The lowest BCUT2D eigenvalue weighted by Crippen LogP contribution is -2.53. The maximum Gasteiger partial charge on any atom is 0.347 e. The number of aliphatic hydroxyl groups excluding tert-OH is 3. The second-order valence-electron chi connectivity index (χ2n) is 9.32. The zero-order valence-electron chi connectivity index (χ0n) is 20.1. The summed E-state index contributed by atoms with van der Waals surface area (Å²) in [6, 6.07) is 0. The molecule has 1 aromatic rings. The molecule has 1 aromatic heterocycles. The highest BCUT2D eigenvalue weighted by Crippen LogP contribution is 2.38. The number of aliphatic hydroxyl groups is 3. The molecule has 9 nitrogen and oxygen atoms in total. The van der Waals surface area contributed by atoms with Crippen LogP contribution in [0.15, 0.2) is 15.8 Å². The quantitative estimate of drug-likeness (QED) is 0.257. The molecule has 2 rings (SSSR count). The predicted molar refractivity (Wildman–Crippen MR) is 126 cm³/mol. The molecule has 0 aromatic carbocycles. The van der Waals surface area contributed by atoms with Crippen LogP contribution in [0.4, 0.5) is 0 Å². The third-order valence-corrected chi connectivity index (χ3v) is 6.66.